The first-order valence-corrected chi connectivity index (χ1v) is 11.6. The molecular formula is C25H31N5O2. The predicted octanol–water partition coefficient (Wildman–Crippen LogP) is 2.69. The summed E-state index contributed by atoms with van der Waals surface area (Å²) in [5.74, 6) is 1.63. The Bertz CT molecular complexity index is 1190. The standard InChI is InChI=1S/C25H31N5O2/c1-16-10-19(15-28(2)24(16)31)23-27-21-7-3-4-8-22(21)30(23)14-17-6-5-9-29(13-17)25(32)18-11-20(26)12-18/h3-4,7-8,10,15,17-18,20H,5-6,9,11-14,26H2,1-2H3/t17-,18?,20?/m1/s1. The van der Waals surface area contributed by atoms with E-state index < -0.39 is 0 Å². The molecule has 168 valence electrons. The van der Waals surface area contributed by atoms with Crippen molar-refractivity contribution in [3.05, 3.63) is 52.4 Å². The fourth-order valence-corrected chi connectivity index (χ4v) is 5.27. The number of imidazole rings is 1. The number of pyridine rings is 1. The highest BCUT2D eigenvalue weighted by Crippen LogP contribution is 2.31. The van der Waals surface area contributed by atoms with Crippen LogP contribution in [0.25, 0.3) is 22.4 Å². The molecule has 5 rings (SSSR count). The van der Waals surface area contributed by atoms with Crippen molar-refractivity contribution in [2.75, 3.05) is 13.1 Å². The summed E-state index contributed by atoms with van der Waals surface area (Å²) in [6.07, 6.45) is 5.62. The Balaban J connectivity index is 1.45. The fourth-order valence-electron chi connectivity index (χ4n) is 5.27. The second-order valence-corrected chi connectivity index (χ2v) is 9.58. The molecule has 1 saturated carbocycles. The van der Waals surface area contributed by atoms with Gasteiger partial charge in [-0.1, -0.05) is 12.1 Å². The molecule has 0 bridgehead atoms. The molecule has 2 N–H and O–H groups in total. The monoisotopic (exact) mass is 433 g/mol. The van der Waals surface area contributed by atoms with E-state index in [1.807, 2.05) is 37.4 Å². The number of nitrogens with two attached hydrogens (primary N) is 1. The molecule has 1 aliphatic carbocycles. The summed E-state index contributed by atoms with van der Waals surface area (Å²) < 4.78 is 3.89. The highest BCUT2D eigenvalue weighted by Gasteiger charge is 2.36. The number of nitrogens with zero attached hydrogens (tertiary/aromatic N) is 4. The summed E-state index contributed by atoms with van der Waals surface area (Å²) in [5.41, 5.74) is 9.59. The number of hydrogen-bond donors (Lipinski definition) is 1. The molecule has 2 aliphatic rings. The predicted molar refractivity (Wildman–Crippen MR) is 125 cm³/mol. The molecule has 0 spiro atoms. The van der Waals surface area contributed by atoms with Crippen LogP contribution in [0.15, 0.2) is 41.3 Å². The molecule has 32 heavy (non-hydrogen) atoms. The van der Waals surface area contributed by atoms with Crippen molar-refractivity contribution in [1.29, 1.82) is 0 Å². The maximum absolute atomic E-state index is 12.9. The second-order valence-electron chi connectivity index (χ2n) is 9.58. The smallest absolute Gasteiger partial charge is 0.253 e. The van der Waals surface area contributed by atoms with E-state index >= 15 is 0 Å². The van der Waals surface area contributed by atoms with E-state index in [2.05, 4.69) is 15.5 Å². The molecule has 2 aromatic heterocycles. The average Bonchev–Trinajstić information content (AvgIpc) is 3.13. The van der Waals surface area contributed by atoms with E-state index in [1.165, 1.54) is 0 Å². The van der Waals surface area contributed by atoms with Crippen LogP contribution < -0.4 is 11.3 Å². The lowest BCUT2D eigenvalue weighted by Gasteiger charge is -2.39. The van der Waals surface area contributed by atoms with Crippen molar-refractivity contribution >= 4 is 16.9 Å². The highest BCUT2D eigenvalue weighted by atomic mass is 16.2. The number of likely N-dealkylation sites (tertiary alicyclic amines) is 1. The van der Waals surface area contributed by atoms with E-state index in [9.17, 15) is 9.59 Å². The number of carbonyl (C=O) groups excluding carboxylic acids is 1. The van der Waals surface area contributed by atoms with Gasteiger partial charge < -0.3 is 19.8 Å². The summed E-state index contributed by atoms with van der Waals surface area (Å²) in [6.45, 7) is 4.27. The number of amides is 1. The van der Waals surface area contributed by atoms with E-state index in [0.29, 0.717) is 11.5 Å². The van der Waals surface area contributed by atoms with Gasteiger partial charge in [0.15, 0.2) is 0 Å². The Kier molecular flexibility index (Phi) is 5.37. The van der Waals surface area contributed by atoms with Gasteiger partial charge in [0.2, 0.25) is 5.91 Å². The zero-order valence-electron chi connectivity index (χ0n) is 18.8. The first-order chi connectivity index (χ1) is 15.4. The molecular weight excluding hydrogens is 402 g/mol. The normalized spacial score (nSPS) is 23.3. The first-order valence-electron chi connectivity index (χ1n) is 11.6. The van der Waals surface area contributed by atoms with Crippen LogP contribution >= 0.6 is 0 Å². The third-order valence-corrected chi connectivity index (χ3v) is 7.07. The number of aromatic nitrogens is 3. The van der Waals surface area contributed by atoms with Gasteiger partial charge in [-0.05, 0) is 56.7 Å². The lowest BCUT2D eigenvalue weighted by Crippen LogP contribution is -2.49. The molecule has 1 aliphatic heterocycles. The number of hydrogen-bond acceptors (Lipinski definition) is 4. The molecule has 7 nitrogen and oxygen atoms in total. The Morgan fingerprint density at radius 1 is 1.25 bits per heavy atom. The topological polar surface area (TPSA) is 86.2 Å². The van der Waals surface area contributed by atoms with E-state index in [0.717, 1.165) is 67.7 Å². The van der Waals surface area contributed by atoms with Crippen molar-refractivity contribution in [3.8, 4) is 11.4 Å². The summed E-state index contributed by atoms with van der Waals surface area (Å²) >= 11 is 0. The summed E-state index contributed by atoms with van der Waals surface area (Å²) in [7, 11) is 1.78. The van der Waals surface area contributed by atoms with Crippen LogP contribution in [0.2, 0.25) is 0 Å². The summed E-state index contributed by atoms with van der Waals surface area (Å²) in [6, 6.07) is 10.3. The van der Waals surface area contributed by atoms with Gasteiger partial charge in [0.05, 0.1) is 11.0 Å². The van der Waals surface area contributed by atoms with Crippen molar-refractivity contribution in [1.82, 2.24) is 19.0 Å². The van der Waals surface area contributed by atoms with Crippen molar-refractivity contribution in [2.24, 2.45) is 24.6 Å². The van der Waals surface area contributed by atoms with E-state index in [-0.39, 0.29) is 23.4 Å². The lowest BCUT2D eigenvalue weighted by atomic mass is 9.79. The molecule has 3 aromatic rings. The minimum Gasteiger partial charge on any atom is -0.342 e. The van der Waals surface area contributed by atoms with Gasteiger partial charge in [-0.25, -0.2) is 4.98 Å². The van der Waals surface area contributed by atoms with Crippen LogP contribution in [-0.4, -0.2) is 44.1 Å². The number of carbonyl (C=O) groups is 1. The van der Waals surface area contributed by atoms with Gasteiger partial charge in [0.1, 0.15) is 5.82 Å². The molecule has 1 atom stereocenters. The number of para-hydroxylation sites is 2. The Labute approximate surface area is 187 Å². The van der Waals surface area contributed by atoms with Crippen molar-refractivity contribution < 1.29 is 4.79 Å². The lowest BCUT2D eigenvalue weighted by molar-refractivity contribution is -0.140. The number of piperidine rings is 1. The van der Waals surface area contributed by atoms with Crippen LogP contribution in [0.5, 0.6) is 0 Å². The number of aryl methyl sites for hydroxylation is 2. The Morgan fingerprint density at radius 2 is 2.03 bits per heavy atom. The molecule has 0 radical (unpaired) electrons. The van der Waals surface area contributed by atoms with Gasteiger partial charge in [0.25, 0.3) is 5.56 Å². The average molecular weight is 434 g/mol. The second kappa shape index (κ2) is 8.20. The van der Waals surface area contributed by atoms with Gasteiger partial charge in [0, 0.05) is 56.0 Å². The SMILES string of the molecule is Cc1cc(-c2nc3ccccc3n2C[C@@H]2CCCN(C(=O)C3CC(N)C3)C2)cn(C)c1=O. The Hall–Kier alpha value is -2.93. The third-order valence-electron chi connectivity index (χ3n) is 7.07. The largest absolute Gasteiger partial charge is 0.342 e. The highest BCUT2D eigenvalue weighted by molar-refractivity contribution is 5.81. The van der Waals surface area contributed by atoms with Gasteiger partial charge in [-0.15, -0.1) is 0 Å². The molecule has 7 heteroatoms. The molecule has 1 saturated heterocycles. The molecule has 1 aromatic carbocycles. The van der Waals surface area contributed by atoms with Gasteiger partial charge in [-0.2, -0.15) is 0 Å². The molecule has 0 unspecified atom stereocenters. The van der Waals surface area contributed by atoms with Crippen LogP contribution in [0.4, 0.5) is 0 Å². The summed E-state index contributed by atoms with van der Waals surface area (Å²) in [4.78, 5) is 32.1. The zero-order chi connectivity index (χ0) is 22.4. The number of rotatable bonds is 4. The zero-order valence-corrected chi connectivity index (χ0v) is 18.8. The fraction of sp³-hybridized carbons (Fsp3) is 0.480. The summed E-state index contributed by atoms with van der Waals surface area (Å²) in [5, 5.41) is 0. The number of fused-ring (bicyclic) bond motifs is 1. The van der Waals surface area contributed by atoms with Crippen molar-refractivity contribution in [2.45, 2.75) is 45.2 Å². The molecule has 2 fully saturated rings. The maximum atomic E-state index is 12.9. The van der Waals surface area contributed by atoms with Gasteiger partial charge >= 0.3 is 0 Å². The van der Waals surface area contributed by atoms with Crippen molar-refractivity contribution in [3.63, 3.8) is 0 Å². The molecule has 1 amide bonds. The van der Waals surface area contributed by atoms with Crippen LogP contribution in [0, 0.1) is 18.8 Å². The molecule has 3 heterocycles. The maximum Gasteiger partial charge on any atom is 0.253 e. The van der Waals surface area contributed by atoms with E-state index in [1.54, 1.807) is 11.6 Å². The van der Waals surface area contributed by atoms with Gasteiger partial charge in [-0.3, -0.25) is 9.59 Å². The minimum absolute atomic E-state index is 0.00792. The quantitative estimate of drug-likeness (QED) is 0.685. The third kappa shape index (κ3) is 3.75. The van der Waals surface area contributed by atoms with E-state index in [4.69, 9.17) is 10.7 Å². The van der Waals surface area contributed by atoms with Crippen LogP contribution in [0.3, 0.4) is 0 Å². The Morgan fingerprint density at radius 3 is 2.78 bits per heavy atom. The minimum atomic E-state index is 0.00792. The van der Waals surface area contributed by atoms with Crippen LogP contribution in [0.1, 0.15) is 31.2 Å². The first kappa shape index (κ1) is 20.9. The van der Waals surface area contributed by atoms with Crippen LogP contribution in [-0.2, 0) is 18.4 Å². The number of benzene rings is 1.